The van der Waals surface area contributed by atoms with Crippen molar-refractivity contribution in [2.24, 2.45) is 0 Å². The number of anilines is 9. The Labute approximate surface area is 475 Å². The topological polar surface area (TPSA) is 9.72 Å². The van der Waals surface area contributed by atoms with Crippen molar-refractivity contribution in [2.45, 2.75) is 0 Å². The molecule has 0 aliphatic carbocycles. The van der Waals surface area contributed by atoms with Crippen molar-refractivity contribution >= 4 is 114 Å². The standard InChI is InChI=1S/C78H59N3/c1-3-20-58(4-2)31-32-61-37-43-67(44-38-61)79(64-25-14-7-15-26-64)70-49-52-73-76(55-70)74-53-50-71(80(65-27-16-8-17-28-65)68-45-39-62(40-46-68)35-33-59-21-10-5-11-22-59)57-78(74)75-54-51-72(56-77(73)75)81(66-29-18-9-19-30-66)69-47-41-63(42-48-69)36-34-60-23-12-6-13-24-60/h3-57H,1-2H2/b32-31+,35-33+,36-34+,58-20+. The molecule has 0 fully saturated rings. The van der Waals surface area contributed by atoms with Gasteiger partial charge in [-0.1, -0.05) is 238 Å². The van der Waals surface area contributed by atoms with E-state index in [0.717, 1.165) is 89.6 Å². The number of hydrogen-bond acceptors (Lipinski definition) is 3. The van der Waals surface area contributed by atoms with E-state index in [2.05, 4.69) is 331 Å². The Morgan fingerprint density at radius 3 is 0.802 bits per heavy atom. The van der Waals surface area contributed by atoms with Crippen molar-refractivity contribution in [3.63, 3.8) is 0 Å². The number of para-hydroxylation sites is 3. The fraction of sp³-hybridized carbons (Fsp3) is 0. The van der Waals surface area contributed by atoms with Crippen LogP contribution < -0.4 is 14.7 Å². The first-order valence-corrected chi connectivity index (χ1v) is 27.5. The molecule has 0 atom stereocenters. The third-order valence-corrected chi connectivity index (χ3v) is 14.7. The molecular formula is C78H59N3. The highest BCUT2D eigenvalue weighted by molar-refractivity contribution is 6.27. The number of fused-ring (bicyclic) bond motifs is 6. The molecule has 0 aromatic heterocycles. The van der Waals surface area contributed by atoms with Gasteiger partial charge in [-0.05, 0) is 175 Å². The summed E-state index contributed by atoms with van der Waals surface area (Å²) in [6, 6.07) is 100. The van der Waals surface area contributed by atoms with Gasteiger partial charge in [-0.15, -0.1) is 0 Å². The van der Waals surface area contributed by atoms with E-state index in [1.807, 2.05) is 24.3 Å². The highest BCUT2D eigenvalue weighted by Gasteiger charge is 2.20. The summed E-state index contributed by atoms with van der Waals surface area (Å²) in [4.78, 5) is 7.09. The summed E-state index contributed by atoms with van der Waals surface area (Å²) in [6.07, 6.45) is 18.4. The Kier molecular flexibility index (Phi) is 15.0. The van der Waals surface area contributed by atoms with Crippen molar-refractivity contribution in [1.29, 1.82) is 0 Å². The molecule has 0 spiro atoms. The maximum absolute atomic E-state index is 3.98. The summed E-state index contributed by atoms with van der Waals surface area (Å²) < 4.78 is 0. The number of allylic oxidation sites excluding steroid dienone is 5. The SMILES string of the molecule is C=C/C=C(C=C)/C=C/c1ccc(N(c2ccccc2)c2ccc3c(c2)c2ccc(N(c4ccccc4)c4ccc(/C=C/c5ccccc5)cc4)cc2c2ccc(N(c4ccccc4)c4ccc(/C=C/c5ccccc5)cc4)cc32)cc1. The Balaban J connectivity index is 1.03. The van der Waals surface area contributed by atoms with E-state index in [1.54, 1.807) is 6.08 Å². The Morgan fingerprint density at radius 2 is 0.506 bits per heavy atom. The third kappa shape index (κ3) is 11.3. The van der Waals surface area contributed by atoms with E-state index in [0.29, 0.717) is 0 Å². The molecule has 0 heterocycles. The molecule has 386 valence electrons. The first kappa shape index (κ1) is 51.0. The predicted molar refractivity (Wildman–Crippen MR) is 351 cm³/mol. The second-order valence-corrected chi connectivity index (χ2v) is 19.9. The van der Waals surface area contributed by atoms with E-state index in [4.69, 9.17) is 0 Å². The molecule has 0 saturated heterocycles. The van der Waals surface area contributed by atoms with E-state index in [-0.39, 0.29) is 0 Å². The molecule has 0 amide bonds. The van der Waals surface area contributed by atoms with Crippen LogP contribution in [-0.4, -0.2) is 0 Å². The largest absolute Gasteiger partial charge is 0.310 e. The first-order valence-electron chi connectivity index (χ1n) is 27.5. The normalized spacial score (nSPS) is 11.7. The molecule has 81 heavy (non-hydrogen) atoms. The van der Waals surface area contributed by atoms with Crippen LogP contribution in [0, 0.1) is 0 Å². The van der Waals surface area contributed by atoms with Crippen molar-refractivity contribution in [3.05, 3.63) is 350 Å². The average Bonchev–Trinajstić information content (AvgIpc) is 3.69. The second-order valence-electron chi connectivity index (χ2n) is 19.9. The summed E-state index contributed by atoms with van der Waals surface area (Å²) in [5.41, 5.74) is 16.3. The van der Waals surface area contributed by atoms with Gasteiger partial charge in [0.25, 0.3) is 0 Å². The van der Waals surface area contributed by atoms with Gasteiger partial charge < -0.3 is 14.7 Å². The fourth-order valence-electron chi connectivity index (χ4n) is 10.7. The van der Waals surface area contributed by atoms with Crippen molar-refractivity contribution in [1.82, 2.24) is 0 Å². The summed E-state index contributed by atoms with van der Waals surface area (Å²) >= 11 is 0. The van der Waals surface area contributed by atoms with Crippen LogP contribution in [0.25, 0.3) is 62.7 Å². The molecule has 0 N–H and O–H groups in total. The van der Waals surface area contributed by atoms with Gasteiger partial charge in [0.05, 0.1) is 0 Å². The van der Waals surface area contributed by atoms with Crippen LogP contribution in [0.1, 0.15) is 27.8 Å². The van der Waals surface area contributed by atoms with Crippen LogP contribution in [-0.2, 0) is 0 Å². The summed E-state index contributed by atoms with van der Waals surface area (Å²) in [6.45, 7) is 7.84. The van der Waals surface area contributed by atoms with Crippen LogP contribution in [0.4, 0.5) is 51.2 Å². The minimum Gasteiger partial charge on any atom is -0.310 e. The lowest BCUT2D eigenvalue weighted by Crippen LogP contribution is -2.10. The maximum Gasteiger partial charge on any atom is 0.0468 e. The van der Waals surface area contributed by atoms with Gasteiger partial charge in [-0.25, -0.2) is 0 Å². The van der Waals surface area contributed by atoms with Gasteiger partial charge in [-0.2, -0.15) is 0 Å². The maximum atomic E-state index is 3.98. The van der Waals surface area contributed by atoms with Gasteiger partial charge in [0, 0.05) is 51.2 Å². The highest BCUT2D eigenvalue weighted by atomic mass is 15.2. The zero-order valence-corrected chi connectivity index (χ0v) is 45.0. The number of rotatable bonds is 17. The fourth-order valence-corrected chi connectivity index (χ4v) is 10.7. The molecule has 12 rings (SSSR count). The smallest absolute Gasteiger partial charge is 0.0468 e. The average molecular weight is 1040 g/mol. The van der Waals surface area contributed by atoms with Crippen molar-refractivity contribution in [3.8, 4) is 0 Å². The predicted octanol–water partition coefficient (Wildman–Crippen LogP) is 22.2. The van der Waals surface area contributed by atoms with Gasteiger partial charge in [-0.3, -0.25) is 0 Å². The zero-order valence-electron chi connectivity index (χ0n) is 45.0. The van der Waals surface area contributed by atoms with Crippen LogP contribution in [0.2, 0.25) is 0 Å². The van der Waals surface area contributed by atoms with Crippen molar-refractivity contribution in [2.75, 3.05) is 14.7 Å². The Morgan fingerprint density at radius 1 is 0.247 bits per heavy atom. The molecular weight excluding hydrogens is 979 g/mol. The second kappa shape index (κ2) is 23.9. The Hall–Kier alpha value is -10.7. The monoisotopic (exact) mass is 1040 g/mol. The molecule has 3 heteroatoms. The zero-order chi connectivity index (χ0) is 54.7. The number of nitrogens with zero attached hydrogens (tertiary/aromatic N) is 3. The molecule has 0 aliphatic heterocycles. The summed E-state index contributed by atoms with van der Waals surface area (Å²) in [5.74, 6) is 0. The van der Waals surface area contributed by atoms with E-state index in [1.165, 1.54) is 27.3 Å². The van der Waals surface area contributed by atoms with E-state index < -0.39 is 0 Å². The number of benzene rings is 12. The molecule has 3 nitrogen and oxygen atoms in total. The molecule has 0 saturated carbocycles. The summed E-state index contributed by atoms with van der Waals surface area (Å²) in [5, 5.41) is 6.99. The summed E-state index contributed by atoms with van der Waals surface area (Å²) in [7, 11) is 0. The van der Waals surface area contributed by atoms with Crippen LogP contribution in [0.5, 0.6) is 0 Å². The molecule has 0 bridgehead atoms. The first-order chi connectivity index (χ1) is 40.1. The highest BCUT2D eigenvalue weighted by Crippen LogP contribution is 2.46. The van der Waals surface area contributed by atoms with Crippen LogP contribution in [0.3, 0.4) is 0 Å². The van der Waals surface area contributed by atoms with Gasteiger partial charge in [0.2, 0.25) is 0 Å². The quantitative estimate of drug-likeness (QED) is 0.0511. The lowest BCUT2D eigenvalue weighted by molar-refractivity contribution is 1.28. The van der Waals surface area contributed by atoms with E-state index >= 15 is 0 Å². The minimum atomic E-state index is 0.999. The Bertz CT molecular complexity index is 4090. The van der Waals surface area contributed by atoms with Crippen molar-refractivity contribution < 1.29 is 0 Å². The van der Waals surface area contributed by atoms with Crippen LogP contribution in [0.15, 0.2) is 322 Å². The molecule has 0 unspecified atom stereocenters. The molecule has 0 aliphatic rings. The molecule has 12 aromatic carbocycles. The third-order valence-electron chi connectivity index (χ3n) is 14.7. The van der Waals surface area contributed by atoms with Gasteiger partial charge >= 0.3 is 0 Å². The molecule has 0 radical (unpaired) electrons. The van der Waals surface area contributed by atoms with Gasteiger partial charge in [0.15, 0.2) is 0 Å². The number of hydrogen-bond donors (Lipinski definition) is 0. The van der Waals surface area contributed by atoms with E-state index in [9.17, 15) is 0 Å². The van der Waals surface area contributed by atoms with Crippen LogP contribution >= 0.6 is 0 Å². The minimum absolute atomic E-state index is 0.999. The lowest BCUT2D eigenvalue weighted by atomic mass is 9.92. The molecule has 12 aromatic rings. The lowest BCUT2D eigenvalue weighted by Gasteiger charge is -2.28. The van der Waals surface area contributed by atoms with Gasteiger partial charge in [0.1, 0.15) is 0 Å².